The molecule has 0 aliphatic heterocycles. The molecule has 0 aliphatic rings. The monoisotopic (exact) mass is 283 g/mol. The van der Waals surface area contributed by atoms with Gasteiger partial charge in [-0.3, -0.25) is 14.5 Å². The number of hydrogen-bond acceptors (Lipinski definition) is 3. The first-order valence-electron chi connectivity index (χ1n) is 5.97. The second kappa shape index (κ2) is 7.98. The summed E-state index contributed by atoms with van der Waals surface area (Å²) in [5.74, 6) is -1.29. The molecule has 0 spiro atoms. The molecule has 0 unspecified atom stereocenters. The highest BCUT2D eigenvalue weighted by Gasteiger charge is 2.31. The summed E-state index contributed by atoms with van der Waals surface area (Å²) in [6.45, 7) is 0.705. The van der Waals surface area contributed by atoms with E-state index in [2.05, 4.69) is 0 Å². The number of halogens is 3. The van der Waals surface area contributed by atoms with Crippen LogP contribution < -0.4 is 5.73 Å². The number of carbonyl (C=O) groups excluding carboxylic acids is 2. The van der Waals surface area contributed by atoms with Crippen LogP contribution in [-0.4, -0.2) is 61.0 Å². The Morgan fingerprint density at radius 3 is 2.21 bits per heavy atom. The van der Waals surface area contributed by atoms with Gasteiger partial charge in [-0.25, -0.2) is 0 Å². The molecule has 2 amide bonds. The fourth-order valence-corrected chi connectivity index (χ4v) is 1.49. The van der Waals surface area contributed by atoms with Crippen LogP contribution in [0.2, 0.25) is 0 Å². The van der Waals surface area contributed by atoms with Crippen LogP contribution in [0.3, 0.4) is 0 Å². The summed E-state index contributed by atoms with van der Waals surface area (Å²) in [6.07, 6.45) is -2.84. The van der Waals surface area contributed by atoms with Gasteiger partial charge in [0, 0.05) is 7.05 Å². The van der Waals surface area contributed by atoms with Crippen LogP contribution in [0.4, 0.5) is 13.2 Å². The normalized spacial score (nSPS) is 11.7. The highest BCUT2D eigenvalue weighted by Crippen LogP contribution is 2.15. The molecule has 0 aromatic heterocycles. The van der Waals surface area contributed by atoms with Crippen molar-refractivity contribution in [1.29, 1.82) is 0 Å². The van der Waals surface area contributed by atoms with Crippen molar-refractivity contribution >= 4 is 11.8 Å². The molecule has 0 heterocycles. The lowest BCUT2D eigenvalue weighted by Gasteiger charge is -2.24. The Morgan fingerprint density at radius 1 is 1.21 bits per heavy atom. The lowest BCUT2D eigenvalue weighted by atomic mass is 10.3. The van der Waals surface area contributed by atoms with Gasteiger partial charge in [0.15, 0.2) is 0 Å². The van der Waals surface area contributed by atoms with Gasteiger partial charge in [0.2, 0.25) is 11.8 Å². The largest absolute Gasteiger partial charge is 0.406 e. The number of hydrogen-bond donors (Lipinski definition) is 1. The fraction of sp³-hybridized carbons (Fsp3) is 0.818. The Balaban J connectivity index is 4.39. The van der Waals surface area contributed by atoms with Gasteiger partial charge in [-0.15, -0.1) is 0 Å². The van der Waals surface area contributed by atoms with Crippen LogP contribution >= 0.6 is 0 Å². The number of amides is 2. The first kappa shape index (κ1) is 17.7. The van der Waals surface area contributed by atoms with E-state index in [9.17, 15) is 22.8 Å². The molecular formula is C11H20F3N3O2. The van der Waals surface area contributed by atoms with E-state index in [1.807, 2.05) is 6.92 Å². The zero-order chi connectivity index (χ0) is 15.1. The predicted octanol–water partition coefficient (Wildman–Crippen LogP) is 0.595. The Labute approximate surface area is 110 Å². The van der Waals surface area contributed by atoms with Crippen molar-refractivity contribution in [2.75, 3.05) is 33.2 Å². The molecule has 2 N–H and O–H groups in total. The van der Waals surface area contributed by atoms with Crippen LogP contribution in [-0.2, 0) is 9.59 Å². The maximum absolute atomic E-state index is 12.1. The maximum Gasteiger partial charge on any atom is 0.406 e. The fourth-order valence-electron chi connectivity index (χ4n) is 1.49. The molecule has 0 aliphatic carbocycles. The number of nitrogens with two attached hydrogens (primary N) is 1. The average molecular weight is 283 g/mol. The summed E-state index contributed by atoms with van der Waals surface area (Å²) in [5, 5.41) is 0. The van der Waals surface area contributed by atoms with Gasteiger partial charge in [0.1, 0.15) is 6.54 Å². The lowest BCUT2D eigenvalue weighted by molar-refractivity contribution is -0.159. The highest BCUT2D eigenvalue weighted by atomic mass is 19.4. The number of carbonyl (C=O) groups is 2. The van der Waals surface area contributed by atoms with Crippen LogP contribution in [0.5, 0.6) is 0 Å². The lowest BCUT2D eigenvalue weighted by Crippen LogP contribution is -2.44. The molecule has 0 bridgehead atoms. The zero-order valence-electron chi connectivity index (χ0n) is 11.2. The Morgan fingerprint density at radius 2 is 1.79 bits per heavy atom. The minimum absolute atomic E-state index is 0.133. The molecule has 8 heteroatoms. The zero-order valence-corrected chi connectivity index (χ0v) is 11.2. The molecule has 0 saturated heterocycles. The van der Waals surface area contributed by atoms with Crippen LogP contribution in [0.25, 0.3) is 0 Å². The molecule has 112 valence electrons. The van der Waals surface area contributed by atoms with Gasteiger partial charge in [-0.05, 0) is 13.0 Å². The molecule has 19 heavy (non-hydrogen) atoms. The molecule has 0 rings (SSSR count). The molecule has 0 saturated carbocycles. The first-order chi connectivity index (χ1) is 8.65. The number of likely N-dealkylation sites (N-methyl/N-ethyl adjacent to an activating group) is 1. The van der Waals surface area contributed by atoms with E-state index in [4.69, 9.17) is 5.73 Å². The summed E-state index contributed by atoms with van der Waals surface area (Å²) in [5.41, 5.74) is 5.03. The topological polar surface area (TPSA) is 66.6 Å². The number of unbranched alkanes of at least 4 members (excludes halogenated alkanes) is 1. The third-order valence-corrected chi connectivity index (χ3v) is 2.41. The SMILES string of the molecule is CCCCN(CC(N)=O)CC(=O)N(C)CC(F)(F)F. The third kappa shape index (κ3) is 9.29. The van der Waals surface area contributed by atoms with E-state index in [-0.39, 0.29) is 13.1 Å². The molecular weight excluding hydrogens is 263 g/mol. The molecule has 0 aromatic rings. The van der Waals surface area contributed by atoms with Crippen molar-refractivity contribution in [3.8, 4) is 0 Å². The minimum atomic E-state index is -4.43. The minimum Gasteiger partial charge on any atom is -0.369 e. The summed E-state index contributed by atoms with van der Waals surface area (Å²) in [6, 6.07) is 0. The molecule has 0 aromatic carbocycles. The molecule has 0 fully saturated rings. The van der Waals surface area contributed by atoms with E-state index in [1.165, 1.54) is 4.90 Å². The van der Waals surface area contributed by atoms with Crippen LogP contribution in [0, 0.1) is 0 Å². The summed E-state index contributed by atoms with van der Waals surface area (Å²) >= 11 is 0. The van der Waals surface area contributed by atoms with Crippen molar-refractivity contribution in [2.45, 2.75) is 25.9 Å². The standard InChI is InChI=1S/C11H20F3N3O2/c1-3-4-5-17(6-9(15)18)7-10(19)16(2)8-11(12,13)14/h3-8H2,1-2H3,(H2,15,18). The number of primary amides is 1. The molecule has 0 atom stereocenters. The van der Waals surface area contributed by atoms with E-state index in [1.54, 1.807) is 0 Å². The summed E-state index contributed by atoms with van der Waals surface area (Å²) < 4.78 is 36.4. The van der Waals surface area contributed by atoms with E-state index >= 15 is 0 Å². The first-order valence-corrected chi connectivity index (χ1v) is 5.97. The van der Waals surface area contributed by atoms with Gasteiger partial charge in [-0.1, -0.05) is 13.3 Å². The highest BCUT2D eigenvalue weighted by molar-refractivity contribution is 5.80. The Kier molecular flexibility index (Phi) is 7.43. The van der Waals surface area contributed by atoms with Gasteiger partial charge in [0.05, 0.1) is 13.1 Å². The second-order valence-electron chi connectivity index (χ2n) is 4.40. The summed E-state index contributed by atoms with van der Waals surface area (Å²) in [4.78, 5) is 24.5. The molecule has 5 nitrogen and oxygen atoms in total. The van der Waals surface area contributed by atoms with Crippen molar-refractivity contribution in [2.24, 2.45) is 5.73 Å². The van der Waals surface area contributed by atoms with Gasteiger partial charge in [0.25, 0.3) is 0 Å². The Hall–Kier alpha value is -1.31. The summed E-state index contributed by atoms with van der Waals surface area (Å²) in [7, 11) is 1.08. The van der Waals surface area contributed by atoms with E-state index < -0.39 is 24.5 Å². The number of rotatable bonds is 8. The van der Waals surface area contributed by atoms with Gasteiger partial charge in [-0.2, -0.15) is 13.2 Å². The van der Waals surface area contributed by atoms with Gasteiger partial charge >= 0.3 is 6.18 Å². The van der Waals surface area contributed by atoms with Crippen molar-refractivity contribution < 1.29 is 22.8 Å². The van der Waals surface area contributed by atoms with Crippen LogP contribution in [0.15, 0.2) is 0 Å². The predicted molar refractivity (Wildman–Crippen MR) is 64.2 cm³/mol. The van der Waals surface area contributed by atoms with Crippen molar-refractivity contribution in [3.05, 3.63) is 0 Å². The van der Waals surface area contributed by atoms with Crippen LogP contribution in [0.1, 0.15) is 19.8 Å². The number of nitrogens with zero attached hydrogens (tertiary/aromatic N) is 2. The van der Waals surface area contributed by atoms with Crippen molar-refractivity contribution in [3.63, 3.8) is 0 Å². The smallest absolute Gasteiger partial charge is 0.369 e. The van der Waals surface area contributed by atoms with Gasteiger partial charge < -0.3 is 10.6 Å². The quantitative estimate of drug-likeness (QED) is 0.709. The third-order valence-electron chi connectivity index (χ3n) is 2.41. The molecule has 0 radical (unpaired) electrons. The second-order valence-corrected chi connectivity index (χ2v) is 4.40. The Bertz CT molecular complexity index is 308. The number of alkyl halides is 3. The van der Waals surface area contributed by atoms with E-state index in [0.29, 0.717) is 11.4 Å². The average Bonchev–Trinajstić information content (AvgIpc) is 2.22. The van der Waals surface area contributed by atoms with Crippen molar-refractivity contribution in [1.82, 2.24) is 9.80 Å². The maximum atomic E-state index is 12.1. The van der Waals surface area contributed by atoms with E-state index in [0.717, 1.165) is 19.9 Å².